The third kappa shape index (κ3) is 2.66. The minimum absolute atomic E-state index is 0.250. The average molecular weight is 323 g/mol. The van der Waals surface area contributed by atoms with E-state index in [-0.39, 0.29) is 5.82 Å². The molecular weight excluding hydrogens is 305 g/mol. The second kappa shape index (κ2) is 5.74. The van der Waals surface area contributed by atoms with Crippen molar-refractivity contribution in [3.05, 3.63) is 48.5 Å². The molecule has 0 bridgehead atoms. The number of nitrogens with zero attached hydrogens (tertiary/aromatic N) is 2. The van der Waals surface area contributed by atoms with Crippen molar-refractivity contribution in [3.8, 4) is 16.9 Å². The predicted octanol–water partition coefficient (Wildman–Crippen LogP) is 4.26. The van der Waals surface area contributed by atoms with Crippen LogP contribution < -0.4 is 10.1 Å². The van der Waals surface area contributed by atoms with E-state index in [1.165, 1.54) is 12.1 Å². The zero-order chi connectivity index (χ0) is 16.7. The molecule has 0 aliphatic heterocycles. The van der Waals surface area contributed by atoms with E-state index >= 15 is 0 Å². The first kappa shape index (κ1) is 14.9. The highest BCUT2D eigenvalue weighted by Gasteiger charge is 2.33. The number of anilines is 1. The molecule has 1 fully saturated rings. The van der Waals surface area contributed by atoms with E-state index in [1.807, 2.05) is 12.1 Å². The standard InChI is InChI=1S/C19H18FN3O/c1-11-7-16(11)23-19-15-8-13(12-3-5-14(20)6-4-12)9-17(24-2)18(15)21-10-22-19/h3-6,8-11,16H,7H2,1-2H3,(H,21,22,23)/t11-,16-/m0/s1. The first-order valence-electron chi connectivity index (χ1n) is 8.01. The number of nitrogens with one attached hydrogen (secondary N) is 1. The number of halogens is 1. The zero-order valence-electron chi connectivity index (χ0n) is 13.6. The third-order valence-corrected chi connectivity index (χ3v) is 4.53. The lowest BCUT2D eigenvalue weighted by atomic mass is 10.0. The van der Waals surface area contributed by atoms with E-state index in [2.05, 4.69) is 22.2 Å². The molecule has 24 heavy (non-hydrogen) atoms. The highest BCUT2D eigenvalue weighted by Crippen LogP contribution is 2.37. The van der Waals surface area contributed by atoms with Crippen LogP contribution in [-0.4, -0.2) is 23.1 Å². The van der Waals surface area contributed by atoms with Gasteiger partial charge in [-0.1, -0.05) is 19.1 Å². The largest absolute Gasteiger partial charge is 0.494 e. The molecule has 2 atom stereocenters. The zero-order valence-corrected chi connectivity index (χ0v) is 13.6. The van der Waals surface area contributed by atoms with Gasteiger partial charge < -0.3 is 10.1 Å². The van der Waals surface area contributed by atoms with Gasteiger partial charge in [0.25, 0.3) is 0 Å². The van der Waals surface area contributed by atoms with E-state index < -0.39 is 0 Å². The monoisotopic (exact) mass is 323 g/mol. The number of rotatable bonds is 4. The summed E-state index contributed by atoms with van der Waals surface area (Å²) in [5.74, 6) is 1.91. The Hall–Kier alpha value is -2.69. The summed E-state index contributed by atoms with van der Waals surface area (Å²) in [5, 5.41) is 4.39. The van der Waals surface area contributed by atoms with Crippen molar-refractivity contribution < 1.29 is 9.13 Å². The first-order chi connectivity index (χ1) is 11.7. The lowest BCUT2D eigenvalue weighted by Crippen LogP contribution is -2.06. The number of hydrogen-bond donors (Lipinski definition) is 1. The molecule has 0 spiro atoms. The molecule has 0 radical (unpaired) electrons. The summed E-state index contributed by atoms with van der Waals surface area (Å²) in [5.41, 5.74) is 2.64. The predicted molar refractivity (Wildman–Crippen MR) is 92.7 cm³/mol. The van der Waals surface area contributed by atoms with Crippen LogP contribution in [0.15, 0.2) is 42.7 Å². The molecule has 0 saturated heterocycles. The average Bonchev–Trinajstić information content (AvgIpc) is 3.30. The summed E-state index contributed by atoms with van der Waals surface area (Å²) < 4.78 is 18.7. The van der Waals surface area contributed by atoms with Crippen LogP contribution in [0.2, 0.25) is 0 Å². The molecule has 1 aromatic heterocycles. The number of hydrogen-bond acceptors (Lipinski definition) is 4. The quantitative estimate of drug-likeness (QED) is 0.779. The van der Waals surface area contributed by atoms with Crippen molar-refractivity contribution in [2.75, 3.05) is 12.4 Å². The summed E-state index contributed by atoms with van der Waals surface area (Å²) in [6.45, 7) is 2.21. The van der Waals surface area contributed by atoms with Gasteiger partial charge in [-0.15, -0.1) is 0 Å². The normalized spacial score (nSPS) is 19.3. The molecule has 1 aliphatic carbocycles. The number of fused-ring (bicyclic) bond motifs is 1. The molecule has 1 saturated carbocycles. The van der Waals surface area contributed by atoms with Crippen molar-refractivity contribution in [2.24, 2.45) is 5.92 Å². The van der Waals surface area contributed by atoms with E-state index in [4.69, 9.17) is 4.74 Å². The van der Waals surface area contributed by atoms with Gasteiger partial charge in [-0.25, -0.2) is 14.4 Å². The van der Waals surface area contributed by atoms with E-state index in [0.717, 1.165) is 34.3 Å². The molecular formula is C19H18FN3O. The second-order valence-electron chi connectivity index (χ2n) is 6.27. The van der Waals surface area contributed by atoms with Crippen molar-refractivity contribution in [2.45, 2.75) is 19.4 Å². The van der Waals surface area contributed by atoms with Gasteiger partial charge in [0.05, 0.1) is 7.11 Å². The molecule has 3 aromatic rings. The molecule has 0 unspecified atom stereocenters. The topological polar surface area (TPSA) is 47.0 Å². The van der Waals surface area contributed by atoms with Crippen molar-refractivity contribution in [3.63, 3.8) is 0 Å². The van der Waals surface area contributed by atoms with Crippen LogP contribution in [0.3, 0.4) is 0 Å². The van der Waals surface area contributed by atoms with Crippen LogP contribution in [0.5, 0.6) is 5.75 Å². The number of methoxy groups -OCH3 is 1. The number of benzene rings is 2. The molecule has 2 aromatic carbocycles. The summed E-state index contributed by atoms with van der Waals surface area (Å²) in [6, 6.07) is 10.8. The van der Waals surface area contributed by atoms with Gasteiger partial charge in [0.2, 0.25) is 0 Å². The number of ether oxygens (including phenoxy) is 1. The fourth-order valence-corrected chi connectivity index (χ4v) is 2.91. The van der Waals surface area contributed by atoms with Crippen LogP contribution in [0.1, 0.15) is 13.3 Å². The molecule has 4 rings (SSSR count). The fraction of sp³-hybridized carbons (Fsp3) is 0.263. The first-order valence-corrected chi connectivity index (χ1v) is 8.01. The van der Waals surface area contributed by atoms with E-state index in [1.54, 1.807) is 25.6 Å². The summed E-state index contributed by atoms with van der Waals surface area (Å²) in [6.07, 6.45) is 2.71. The maximum atomic E-state index is 13.2. The third-order valence-electron chi connectivity index (χ3n) is 4.53. The van der Waals surface area contributed by atoms with Crippen LogP contribution in [0, 0.1) is 11.7 Å². The van der Waals surface area contributed by atoms with Crippen LogP contribution >= 0.6 is 0 Å². The van der Waals surface area contributed by atoms with Gasteiger partial charge in [-0.05, 0) is 47.7 Å². The molecule has 1 heterocycles. The minimum Gasteiger partial charge on any atom is -0.494 e. The molecule has 1 aliphatic rings. The van der Waals surface area contributed by atoms with E-state index in [0.29, 0.717) is 17.7 Å². The Morgan fingerprint density at radius 1 is 1.12 bits per heavy atom. The van der Waals surface area contributed by atoms with Crippen LogP contribution in [-0.2, 0) is 0 Å². The Morgan fingerprint density at radius 2 is 1.88 bits per heavy atom. The van der Waals surface area contributed by atoms with Gasteiger partial charge >= 0.3 is 0 Å². The molecule has 122 valence electrons. The Labute approximate surface area is 139 Å². The van der Waals surface area contributed by atoms with Gasteiger partial charge in [0.1, 0.15) is 29.2 Å². The Bertz CT molecular complexity index is 895. The molecule has 5 heteroatoms. The summed E-state index contributed by atoms with van der Waals surface area (Å²) in [7, 11) is 1.63. The highest BCUT2D eigenvalue weighted by atomic mass is 19.1. The Balaban J connectivity index is 1.86. The maximum absolute atomic E-state index is 13.2. The second-order valence-corrected chi connectivity index (χ2v) is 6.27. The smallest absolute Gasteiger partial charge is 0.145 e. The van der Waals surface area contributed by atoms with E-state index in [9.17, 15) is 4.39 Å². The maximum Gasteiger partial charge on any atom is 0.145 e. The summed E-state index contributed by atoms with van der Waals surface area (Å²) in [4.78, 5) is 8.78. The molecule has 1 N–H and O–H groups in total. The molecule has 4 nitrogen and oxygen atoms in total. The van der Waals surface area contributed by atoms with Gasteiger partial charge in [-0.3, -0.25) is 0 Å². The van der Waals surface area contributed by atoms with Gasteiger partial charge in [0.15, 0.2) is 0 Å². The highest BCUT2D eigenvalue weighted by molar-refractivity contribution is 5.96. The van der Waals surface area contributed by atoms with Crippen LogP contribution in [0.4, 0.5) is 10.2 Å². The van der Waals surface area contributed by atoms with Crippen LogP contribution in [0.25, 0.3) is 22.0 Å². The van der Waals surface area contributed by atoms with Gasteiger partial charge in [0, 0.05) is 11.4 Å². The summed E-state index contributed by atoms with van der Waals surface area (Å²) >= 11 is 0. The van der Waals surface area contributed by atoms with Crippen molar-refractivity contribution >= 4 is 16.7 Å². The van der Waals surface area contributed by atoms with Crippen molar-refractivity contribution in [1.29, 1.82) is 0 Å². The lowest BCUT2D eigenvalue weighted by molar-refractivity contribution is 0.419. The Morgan fingerprint density at radius 3 is 2.54 bits per heavy atom. The SMILES string of the molecule is COc1cc(-c2ccc(F)cc2)cc2c(N[C@H]3C[C@@H]3C)ncnc12. The number of aromatic nitrogens is 2. The lowest BCUT2D eigenvalue weighted by Gasteiger charge is -2.12. The Kier molecular flexibility index (Phi) is 3.56. The van der Waals surface area contributed by atoms with Gasteiger partial charge in [-0.2, -0.15) is 0 Å². The fourth-order valence-electron chi connectivity index (χ4n) is 2.91. The minimum atomic E-state index is -0.250. The molecule has 0 amide bonds. The van der Waals surface area contributed by atoms with Crippen molar-refractivity contribution in [1.82, 2.24) is 9.97 Å².